The lowest BCUT2D eigenvalue weighted by atomic mass is 10.1. The first-order valence-corrected chi connectivity index (χ1v) is 8.27. The predicted octanol–water partition coefficient (Wildman–Crippen LogP) is 2.63. The highest BCUT2D eigenvalue weighted by molar-refractivity contribution is 6.30. The minimum atomic E-state index is -0.777. The molecule has 1 aromatic heterocycles. The van der Waals surface area contributed by atoms with Crippen molar-refractivity contribution in [3.05, 3.63) is 91.7 Å². The molecule has 0 radical (unpaired) electrons. The van der Waals surface area contributed by atoms with Gasteiger partial charge in [0.05, 0.1) is 5.69 Å². The molecule has 3 aromatic rings. The van der Waals surface area contributed by atoms with Crippen LogP contribution in [0, 0.1) is 0 Å². The number of nitrogens with one attached hydrogen (secondary N) is 2. The summed E-state index contributed by atoms with van der Waals surface area (Å²) >= 11 is 5.82. The van der Waals surface area contributed by atoms with E-state index < -0.39 is 17.2 Å². The van der Waals surface area contributed by atoms with Gasteiger partial charge in [-0.05, 0) is 43.3 Å². The molecular formula is C19H14ClN3O4. The van der Waals surface area contributed by atoms with Crippen molar-refractivity contribution >= 4 is 29.0 Å². The Morgan fingerprint density at radius 1 is 1.07 bits per heavy atom. The zero-order valence-corrected chi connectivity index (χ0v) is 14.9. The fraction of sp³-hybridized carbons (Fsp3) is 0.0526. The number of anilines is 1. The maximum atomic E-state index is 12.7. The van der Waals surface area contributed by atoms with E-state index in [4.69, 9.17) is 11.6 Å². The molecule has 0 aliphatic heterocycles. The summed E-state index contributed by atoms with van der Waals surface area (Å²) < 4.78 is 0.844. The number of amides is 1. The predicted molar refractivity (Wildman–Crippen MR) is 102 cm³/mol. The molecule has 0 spiro atoms. The van der Waals surface area contributed by atoms with E-state index in [0.717, 1.165) is 10.8 Å². The van der Waals surface area contributed by atoms with E-state index in [1.807, 2.05) is 0 Å². The first-order valence-electron chi connectivity index (χ1n) is 7.90. The molecule has 0 bridgehead atoms. The van der Waals surface area contributed by atoms with Crippen molar-refractivity contribution in [3.63, 3.8) is 0 Å². The van der Waals surface area contributed by atoms with Crippen LogP contribution in [-0.2, 0) is 0 Å². The number of nitrogens with zero attached hydrogens (tertiary/aromatic N) is 1. The zero-order chi connectivity index (χ0) is 19.6. The minimum Gasteiger partial charge on any atom is -0.322 e. The van der Waals surface area contributed by atoms with Gasteiger partial charge < -0.3 is 10.3 Å². The number of benzene rings is 2. The van der Waals surface area contributed by atoms with Crippen LogP contribution in [0.2, 0.25) is 5.02 Å². The molecule has 8 heteroatoms. The number of carbonyl (C=O) groups is 2. The fourth-order valence-electron chi connectivity index (χ4n) is 2.47. The summed E-state index contributed by atoms with van der Waals surface area (Å²) in [5.41, 5.74) is -0.653. The second-order valence-corrected chi connectivity index (χ2v) is 6.15. The number of aromatic amines is 1. The number of hydrogen-bond donors (Lipinski definition) is 2. The first kappa shape index (κ1) is 18.3. The van der Waals surface area contributed by atoms with E-state index in [0.29, 0.717) is 16.3 Å². The smallest absolute Gasteiger partial charge is 0.322 e. The third kappa shape index (κ3) is 3.88. The minimum absolute atomic E-state index is 0.153. The average Bonchev–Trinajstić information content (AvgIpc) is 2.63. The first-order chi connectivity index (χ1) is 12.9. The summed E-state index contributed by atoms with van der Waals surface area (Å²) in [5.74, 6) is -0.861. The SMILES string of the molecule is CC(=O)c1cccc(NC(=O)c2c[nH]c(=O)n(-c3ccc(Cl)cc3)c2=O)c1. The third-order valence-electron chi connectivity index (χ3n) is 3.83. The van der Waals surface area contributed by atoms with E-state index >= 15 is 0 Å². The monoisotopic (exact) mass is 383 g/mol. The van der Waals surface area contributed by atoms with Gasteiger partial charge in [-0.1, -0.05) is 23.7 Å². The van der Waals surface area contributed by atoms with Crippen molar-refractivity contribution in [1.29, 1.82) is 0 Å². The Morgan fingerprint density at radius 2 is 1.78 bits per heavy atom. The van der Waals surface area contributed by atoms with E-state index in [9.17, 15) is 19.2 Å². The summed E-state index contributed by atoms with van der Waals surface area (Å²) in [5, 5.41) is 3.00. The van der Waals surface area contributed by atoms with Crippen LogP contribution in [0.5, 0.6) is 0 Å². The molecule has 2 aromatic carbocycles. The van der Waals surface area contributed by atoms with Crippen molar-refractivity contribution in [2.75, 3.05) is 5.32 Å². The molecule has 0 aliphatic rings. The standard InChI is InChI=1S/C19H14ClN3O4/c1-11(24)12-3-2-4-14(9-12)22-17(25)16-10-21-19(27)23(18(16)26)15-7-5-13(20)6-8-15/h2-10H,1H3,(H,21,27)(H,22,25). The molecular weight excluding hydrogens is 370 g/mol. The van der Waals surface area contributed by atoms with E-state index in [2.05, 4.69) is 10.3 Å². The van der Waals surface area contributed by atoms with Gasteiger partial charge in [-0.3, -0.25) is 14.4 Å². The molecule has 136 valence electrons. The number of ketones is 1. The van der Waals surface area contributed by atoms with Crippen molar-refractivity contribution in [2.24, 2.45) is 0 Å². The highest BCUT2D eigenvalue weighted by atomic mass is 35.5. The lowest BCUT2D eigenvalue weighted by Crippen LogP contribution is -2.38. The Morgan fingerprint density at radius 3 is 2.44 bits per heavy atom. The molecule has 27 heavy (non-hydrogen) atoms. The molecule has 0 saturated heterocycles. The normalized spacial score (nSPS) is 10.4. The van der Waals surface area contributed by atoms with E-state index in [-0.39, 0.29) is 17.0 Å². The molecule has 3 rings (SSSR count). The number of H-pyrrole nitrogens is 1. The van der Waals surface area contributed by atoms with Crippen molar-refractivity contribution in [2.45, 2.75) is 6.92 Å². The molecule has 0 saturated carbocycles. The molecule has 2 N–H and O–H groups in total. The van der Waals surface area contributed by atoms with E-state index in [1.54, 1.807) is 18.2 Å². The lowest BCUT2D eigenvalue weighted by Gasteiger charge is -2.09. The summed E-state index contributed by atoms with van der Waals surface area (Å²) in [6, 6.07) is 12.4. The lowest BCUT2D eigenvalue weighted by molar-refractivity contribution is 0.101. The Labute approximate surface area is 158 Å². The summed E-state index contributed by atoms with van der Waals surface area (Å²) in [6.07, 6.45) is 1.06. The molecule has 0 aliphatic carbocycles. The third-order valence-corrected chi connectivity index (χ3v) is 4.08. The van der Waals surface area contributed by atoms with Crippen molar-refractivity contribution < 1.29 is 9.59 Å². The van der Waals surface area contributed by atoms with Crippen LogP contribution < -0.4 is 16.6 Å². The number of halogens is 1. The Hall–Kier alpha value is -3.45. The highest BCUT2D eigenvalue weighted by Gasteiger charge is 2.16. The van der Waals surface area contributed by atoms with Crippen LogP contribution in [0.15, 0.2) is 64.3 Å². The Bertz CT molecular complexity index is 1150. The second-order valence-electron chi connectivity index (χ2n) is 5.72. The molecule has 1 heterocycles. The molecule has 0 unspecified atom stereocenters. The molecule has 7 nitrogen and oxygen atoms in total. The van der Waals surface area contributed by atoms with Crippen molar-refractivity contribution in [3.8, 4) is 5.69 Å². The number of carbonyl (C=O) groups excluding carboxylic acids is 2. The van der Waals surface area contributed by atoms with Gasteiger partial charge in [-0.15, -0.1) is 0 Å². The summed E-state index contributed by atoms with van der Waals surface area (Å²) in [7, 11) is 0. The van der Waals surface area contributed by atoms with Gasteiger partial charge in [-0.2, -0.15) is 0 Å². The quantitative estimate of drug-likeness (QED) is 0.676. The maximum absolute atomic E-state index is 12.7. The summed E-state index contributed by atoms with van der Waals surface area (Å²) in [6.45, 7) is 1.41. The van der Waals surface area contributed by atoms with Gasteiger partial charge in [0.2, 0.25) is 0 Å². The fourth-order valence-corrected chi connectivity index (χ4v) is 2.60. The van der Waals surface area contributed by atoms with Gasteiger partial charge in [0.1, 0.15) is 5.56 Å². The Balaban J connectivity index is 1.99. The highest BCUT2D eigenvalue weighted by Crippen LogP contribution is 2.13. The largest absolute Gasteiger partial charge is 0.333 e. The molecule has 1 amide bonds. The van der Waals surface area contributed by atoms with Crippen LogP contribution in [0.25, 0.3) is 5.69 Å². The topological polar surface area (TPSA) is 101 Å². The van der Waals surface area contributed by atoms with Gasteiger partial charge in [0, 0.05) is 22.5 Å². The van der Waals surface area contributed by atoms with Gasteiger partial charge in [-0.25, -0.2) is 9.36 Å². The number of aromatic nitrogens is 2. The number of hydrogen-bond acceptors (Lipinski definition) is 4. The van der Waals surface area contributed by atoms with Gasteiger partial charge >= 0.3 is 5.69 Å². The molecule has 0 atom stereocenters. The maximum Gasteiger partial charge on any atom is 0.333 e. The molecule has 0 fully saturated rings. The van der Waals surface area contributed by atoms with Crippen molar-refractivity contribution in [1.82, 2.24) is 9.55 Å². The van der Waals surface area contributed by atoms with Crippen LogP contribution >= 0.6 is 11.6 Å². The summed E-state index contributed by atoms with van der Waals surface area (Å²) in [4.78, 5) is 51.1. The number of rotatable bonds is 4. The van der Waals surface area contributed by atoms with Gasteiger partial charge in [0.15, 0.2) is 5.78 Å². The zero-order valence-electron chi connectivity index (χ0n) is 14.2. The van der Waals surface area contributed by atoms with Gasteiger partial charge in [0.25, 0.3) is 11.5 Å². The average molecular weight is 384 g/mol. The van der Waals surface area contributed by atoms with Crippen LogP contribution in [0.1, 0.15) is 27.6 Å². The van der Waals surface area contributed by atoms with Crippen LogP contribution in [0.4, 0.5) is 5.69 Å². The Kier molecular flexibility index (Phi) is 5.05. The number of Topliss-reactive ketones (excluding diaryl/α,β-unsaturated/α-hetero) is 1. The van der Waals surface area contributed by atoms with Crippen LogP contribution in [-0.4, -0.2) is 21.2 Å². The van der Waals surface area contributed by atoms with E-state index in [1.165, 1.54) is 37.3 Å². The second kappa shape index (κ2) is 7.43. The van der Waals surface area contributed by atoms with Crippen LogP contribution in [0.3, 0.4) is 0 Å².